The molecule has 1 atom stereocenters. The van der Waals surface area contributed by atoms with E-state index in [0.29, 0.717) is 10.5 Å². The van der Waals surface area contributed by atoms with Crippen LogP contribution in [0, 0.1) is 6.92 Å². The van der Waals surface area contributed by atoms with Crippen LogP contribution in [0.5, 0.6) is 0 Å². The van der Waals surface area contributed by atoms with Crippen LogP contribution in [0.2, 0.25) is 0 Å². The van der Waals surface area contributed by atoms with Gasteiger partial charge in [0.1, 0.15) is 0 Å². The average Bonchev–Trinajstić information content (AvgIpc) is 2.67. The molecule has 1 aliphatic rings. The summed E-state index contributed by atoms with van der Waals surface area (Å²) in [5.74, 6) is -0.947. The first kappa shape index (κ1) is 14.3. The van der Waals surface area contributed by atoms with Crippen molar-refractivity contribution in [2.75, 3.05) is 0 Å². The van der Waals surface area contributed by atoms with E-state index < -0.39 is 16.8 Å². The van der Waals surface area contributed by atoms with E-state index in [1.807, 2.05) is 6.07 Å². The predicted octanol–water partition coefficient (Wildman–Crippen LogP) is 3.52. The smallest absolute Gasteiger partial charge is 0.335 e. The molecule has 4 heteroatoms. The summed E-state index contributed by atoms with van der Waals surface area (Å²) in [6.45, 7) is 1.77. The van der Waals surface area contributed by atoms with E-state index in [-0.39, 0.29) is 10.8 Å². The van der Waals surface area contributed by atoms with E-state index >= 15 is 0 Å². The summed E-state index contributed by atoms with van der Waals surface area (Å²) in [5, 5.41) is 9.32. The van der Waals surface area contributed by atoms with Crippen molar-refractivity contribution in [2.45, 2.75) is 55.6 Å². The van der Waals surface area contributed by atoms with Crippen molar-refractivity contribution in [3.8, 4) is 0 Å². The van der Waals surface area contributed by atoms with E-state index in [9.17, 15) is 9.00 Å². The van der Waals surface area contributed by atoms with Gasteiger partial charge in [0.2, 0.25) is 0 Å². The van der Waals surface area contributed by atoms with Crippen LogP contribution in [0.3, 0.4) is 0 Å². The van der Waals surface area contributed by atoms with Gasteiger partial charge in [-0.3, -0.25) is 4.21 Å². The van der Waals surface area contributed by atoms with Crippen molar-refractivity contribution in [1.29, 1.82) is 0 Å². The second-order valence-corrected chi connectivity index (χ2v) is 6.93. The number of carbonyl (C=O) groups is 1. The molecule has 3 nitrogen and oxygen atoms in total. The molecule has 1 aliphatic carbocycles. The summed E-state index contributed by atoms with van der Waals surface area (Å²) >= 11 is 0. The Balaban J connectivity index is 2.23. The van der Waals surface area contributed by atoms with E-state index in [1.54, 1.807) is 19.1 Å². The predicted molar refractivity (Wildman–Crippen MR) is 76.0 cm³/mol. The molecule has 1 fully saturated rings. The number of hydrogen-bond acceptors (Lipinski definition) is 2. The fourth-order valence-corrected chi connectivity index (χ4v) is 4.19. The Labute approximate surface area is 116 Å². The second-order valence-electron chi connectivity index (χ2n) is 5.19. The summed E-state index contributed by atoms with van der Waals surface area (Å²) in [5.41, 5.74) is 0.980. The van der Waals surface area contributed by atoms with Crippen LogP contribution in [0.15, 0.2) is 23.1 Å². The Morgan fingerprint density at radius 1 is 1.21 bits per heavy atom. The summed E-state index contributed by atoms with van der Waals surface area (Å²) < 4.78 is 12.6. The molecule has 0 aromatic heterocycles. The van der Waals surface area contributed by atoms with Crippen molar-refractivity contribution in [3.05, 3.63) is 29.3 Å². The van der Waals surface area contributed by atoms with Gasteiger partial charge >= 0.3 is 5.97 Å². The van der Waals surface area contributed by atoms with Crippen LogP contribution >= 0.6 is 0 Å². The van der Waals surface area contributed by atoms with Crippen LogP contribution in [-0.4, -0.2) is 20.5 Å². The first-order valence-corrected chi connectivity index (χ1v) is 8.05. The molecule has 0 aliphatic heterocycles. The number of aromatic carboxylic acids is 1. The van der Waals surface area contributed by atoms with E-state index in [1.165, 1.54) is 12.8 Å². The summed E-state index contributed by atoms with van der Waals surface area (Å²) in [4.78, 5) is 11.8. The lowest BCUT2D eigenvalue weighted by Gasteiger charge is -2.14. The van der Waals surface area contributed by atoms with Gasteiger partial charge in [-0.05, 0) is 37.5 Å². The Hall–Kier alpha value is -1.16. The fraction of sp³-hybridized carbons (Fsp3) is 0.533. The van der Waals surface area contributed by atoms with Gasteiger partial charge < -0.3 is 5.11 Å². The van der Waals surface area contributed by atoms with Crippen LogP contribution in [0.1, 0.15) is 54.4 Å². The monoisotopic (exact) mass is 280 g/mol. The minimum atomic E-state index is -1.08. The molecule has 0 amide bonds. The van der Waals surface area contributed by atoms with Crippen molar-refractivity contribution >= 4 is 16.8 Å². The molecule has 0 radical (unpaired) electrons. The molecule has 0 heterocycles. The largest absolute Gasteiger partial charge is 0.478 e. The fourth-order valence-electron chi connectivity index (χ4n) is 2.61. The second kappa shape index (κ2) is 6.33. The first-order chi connectivity index (χ1) is 9.09. The van der Waals surface area contributed by atoms with Crippen molar-refractivity contribution < 1.29 is 14.1 Å². The number of aryl methyl sites for hydroxylation is 1. The molecule has 1 N–H and O–H groups in total. The zero-order valence-corrected chi connectivity index (χ0v) is 12.0. The lowest BCUT2D eigenvalue weighted by atomic mass is 10.1. The van der Waals surface area contributed by atoms with Crippen molar-refractivity contribution in [1.82, 2.24) is 0 Å². The van der Waals surface area contributed by atoms with Crippen molar-refractivity contribution in [3.63, 3.8) is 0 Å². The molecule has 2 rings (SSSR count). The maximum atomic E-state index is 12.6. The first-order valence-electron chi connectivity index (χ1n) is 6.84. The van der Waals surface area contributed by atoms with Crippen molar-refractivity contribution in [2.24, 2.45) is 0 Å². The maximum Gasteiger partial charge on any atom is 0.335 e. The minimum absolute atomic E-state index is 0.187. The highest BCUT2D eigenvalue weighted by atomic mass is 32.2. The highest BCUT2D eigenvalue weighted by Gasteiger charge is 2.21. The molecule has 1 unspecified atom stereocenters. The van der Waals surface area contributed by atoms with Crippen LogP contribution in [0.4, 0.5) is 0 Å². The van der Waals surface area contributed by atoms with Gasteiger partial charge in [0, 0.05) is 10.1 Å². The Kier molecular flexibility index (Phi) is 4.75. The van der Waals surface area contributed by atoms with Gasteiger partial charge in [-0.2, -0.15) is 0 Å². The van der Waals surface area contributed by atoms with Crippen LogP contribution in [-0.2, 0) is 10.8 Å². The molecule has 104 valence electrons. The number of rotatable bonds is 3. The lowest BCUT2D eigenvalue weighted by Crippen LogP contribution is -2.15. The number of carboxylic acids is 1. The summed E-state index contributed by atoms with van der Waals surface area (Å²) in [6.07, 6.45) is 6.69. The molecule has 0 spiro atoms. The molecular weight excluding hydrogens is 260 g/mol. The van der Waals surface area contributed by atoms with Gasteiger partial charge in [0.05, 0.1) is 16.4 Å². The van der Waals surface area contributed by atoms with Gasteiger partial charge in [-0.25, -0.2) is 4.79 Å². The summed E-state index contributed by atoms with van der Waals surface area (Å²) in [6, 6.07) is 5.15. The van der Waals surface area contributed by atoms with Gasteiger partial charge in [0.15, 0.2) is 0 Å². The third-order valence-electron chi connectivity index (χ3n) is 3.78. The number of carboxylic acid groups (broad SMARTS) is 1. The van der Waals surface area contributed by atoms with Gasteiger partial charge in [0.25, 0.3) is 0 Å². The third-order valence-corrected chi connectivity index (χ3v) is 5.57. The Bertz CT molecular complexity index is 488. The van der Waals surface area contributed by atoms with E-state index in [0.717, 1.165) is 25.7 Å². The van der Waals surface area contributed by atoms with E-state index in [2.05, 4.69) is 0 Å². The Morgan fingerprint density at radius 3 is 2.42 bits per heavy atom. The highest BCUT2D eigenvalue weighted by molar-refractivity contribution is 7.85. The Morgan fingerprint density at radius 2 is 1.84 bits per heavy atom. The minimum Gasteiger partial charge on any atom is -0.478 e. The zero-order chi connectivity index (χ0) is 13.8. The molecule has 0 bridgehead atoms. The topological polar surface area (TPSA) is 54.4 Å². The molecule has 19 heavy (non-hydrogen) atoms. The van der Waals surface area contributed by atoms with Gasteiger partial charge in [-0.15, -0.1) is 0 Å². The molecule has 1 saturated carbocycles. The standard InChI is InChI=1S/C15H20O3S/c1-11-8-9-13(10-14(11)15(16)17)19(18)12-6-4-2-3-5-7-12/h8-10,12H,2-7H2,1H3,(H,16,17). The quantitative estimate of drug-likeness (QED) is 0.862. The van der Waals surface area contributed by atoms with Crippen LogP contribution < -0.4 is 0 Å². The maximum absolute atomic E-state index is 12.6. The normalized spacial score (nSPS) is 18.8. The number of hydrogen-bond donors (Lipinski definition) is 1. The van der Waals surface area contributed by atoms with Crippen LogP contribution in [0.25, 0.3) is 0 Å². The molecular formula is C15H20O3S. The van der Waals surface area contributed by atoms with Gasteiger partial charge in [-0.1, -0.05) is 31.7 Å². The lowest BCUT2D eigenvalue weighted by molar-refractivity contribution is 0.0696. The van der Waals surface area contributed by atoms with E-state index in [4.69, 9.17) is 5.11 Å². The SMILES string of the molecule is Cc1ccc(S(=O)C2CCCCCC2)cc1C(=O)O. The molecule has 1 aromatic rings. The zero-order valence-electron chi connectivity index (χ0n) is 11.2. The highest BCUT2D eigenvalue weighted by Crippen LogP contribution is 2.26. The third kappa shape index (κ3) is 3.44. The number of benzene rings is 1. The summed E-state index contributed by atoms with van der Waals surface area (Å²) in [7, 11) is -1.08. The molecule has 0 saturated heterocycles. The molecule has 1 aromatic carbocycles. The average molecular weight is 280 g/mol.